The van der Waals surface area contributed by atoms with Gasteiger partial charge in [0.1, 0.15) is 5.76 Å². The van der Waals surface area contributed by atoms with Crippen molar-refractivity contribution in [2.24, 2.45) is 0 Å². The number of rotatable bonds is 3. The summed E-state index contributed by atoms with van der Waals surface area (Å²) in [6, 6.07) is 8.00. The van der Waals surface area contributed by atoms with Gasteiger partial charge in [-0.15, -0.1) is 0 Å². The van der Waals surface area contributed by atoms with Gasteiger partial charge in [0.2, 0.25) is 5.82 Å². The van der Waals surface area contributed by atoms with Crippen LogP contribution >= 0.6 is 0 Å². The van der Waals surface area contributed by atoms with Crippen LogP contribution in [0.5, 0.6) is 0 Å². The smallest absolute Gasteiger partial charge is 0.335 e. The Balaban J connectivity index is 1.94. The van der Waals surface area contributed by atoms with Crippen LogP contribution in [-0.2, 0) is 0 Å². The summed E-state index contributed by atoms with van der Waals surface area (Å²) >= 11 is 0. The molecule has 20 heavy (non-hydrogen) atoms. The largest absolute Gasteiger partial charge is 0.478 e. The summed E-state index contributed by atoms with van der Waals surface area (Å²) < 4.78 is 10.4. The Labute approximate surface area is 113 Å². The molecule has 0 saturated heterocycles. The lowest BCUT2D eigenvalue weighted by Crippen LogP contribution is -1.94. The average molecular weight is 270 g/mol. The van der Waals surface area contributed by atoms with Crippen LogP contribution in [0, 0.1) is 6.92 Å². The number of carbonyl (C=O) groups is 1. The summed E-state index contributed by atoms with van der Waals surface area (Å²) in [7, 11) is 0. The number of furan rings is 1. The molecule has 2 heterocycles. The van der Waals surface area contributed by atoms with Crippen molar-refractivity contribution < 1.29 is 18.8 Å². The Hall–Kier alpha value is -2.89. The van der Waals surface area contributed by atoms with Crippen LogP contribution in [0.1, 0.15) is 16.1 Å². The molecule has 3 rings (SSSR count). The number of aromatic nitrogens is 2. The lowest BCUT2D eigenvalue weighted by Gasteiger charge is -1.95. The number of carboxylic acids is 1. The first kappa shape index (κ1) is 12.2. The zero-order valence-corrected chi connectivity index (χ0v) is 10.5. The molecular formula is C14H10N2O4. The van der Waals surface area contributed by atoms with Gasteiger partial charge in [0.15, 0.2) is 0 Å². The molecule has 6 heteroatoms. The molecule has 0 aliphatic rings. The molecule has 2 aromatic heterocycles. The second-order valence-corrected chi connectivity index (χ2v) is 4.20. The molecular weight excluding hydrogens is 260 g/mol. The van der Waals surface area contributed by atoms with Crippen LogP contribution in [0.3, 0.4) is 0 Å². The van der Waals surface area contributed by atoms with E-state index in [-0.39, 0.29) is 5.56 Å². The number of hydrogen-bond donors (Lipinski definition) is 1. The van der Waals surface area contributed by atoms with E-state index in [2.05, 4.69) is 10.1 Å². The van der Waals surface area contributed by atoms with Crippen molar-refractivity contribution in [3.8, 4) is 22.8 Å². The van der Waals surface area contributed by atoms with Crippen molar-refractivity contribution in [2.45, 2.75) is 6.92 Å². The van der Waals surface area contributed by atoms with E-state index in [4.69, 9.17) is 14.0 Å². The maximum Gasteiger partial charge on any atom is 0.335 e. The normalized spacial score (nSPS) is 10.7. The maximum atomic E-state index is 10.8. The van der Waals surface area contributed by atoms with Gasteiger partial charge in [0.25, 0.3) is 5.89 Å². The summed E-state index contributed by atoms with van der Waals surface area (Å²) in [5.41, 5.74) is 1.64. The summed E-state index contributed by atoms with van der Waals surface area (Å²) in [6.45, 7) is 1.81. The zero-order valence-electron chi connectivity index (χ0n) is 10.5. The fourth-order valence-corrected chi connectivity index (χ4v) is 1.82. The van der Waals surface area contributed by atoms with Crippen LogP contribution < -0.4 is 0 Å². The van der Waals surface area contributed by atoms with Crippen molar-refractivity contribution in [3.05, 3.63) is 47.9 Å². The van der Waals surface area contributed by atoms with Crippen molar-refractivity contribution in [2.75, 3.05) is 0 Å². The molecule has 0 aliphatic carbocycles. The number of nitrogens with zero attached hydrogens (tertiary/aromatic N) is 2. The molecule has 0 amide bonds. The van der Waals surface area contributed by atoms with E-state index in [0.717, 1.165) is 5.56 Å². The molecule has 0 spiro atoms. The standard InChI is InChI=1S/C14H10N2O4/c1-8-11(6-7-19-8)12-15-13(20-16-12)9-2-4-10(5-3-9)14(17)18/h2-7H,1H3,(H,17,18). The van der Waals surface area contributed by atoms with Gasteiger partial charge < -0.3 is 14.0 Å². The third-order valence-electron chi connectivity index (χ3n) is 2.90. The van der Waals surface area contributed by atoms with E-state index in [9.17, 15) is 4.79 Å². The highest BCUT2D eigenvalue weighted by Gasteiger charge is 2.14. The highest BCUT2D eigenvalue weighted by molar-refractivity contribution is 5.88. The van der Waals surface area contributed by atoms with Gasteiger partial charge in [0, 0.05) is 5.56 Å². The topological polar surface area (TPSA) is 89.4 Å². The van der Waals surface area contributed by atoms with Gasteiger partial charge in [0.05, 0.1) is 17.4 Å². The van der Waals surface area contributed by atoms with E-state index >= 15 is 0 Å². The number of aromatic carboxylic acids is 1. The van der Waals surface area contributed by atoms with Crippen LogP contribution in [0.2, 0.25) is 0 Å². The fourth-order valence-electron chi connectivity index (χ4n) is 1.82. The van der Waals surface area contributed by atoms with Crippen LogP contribution in [-0.4, -0.2) is 21.2 Å². The predicted molar refractivity (Wildman–Crippen MR) is 69.1 cm³/mol. The molecule has 100 valence electrons. The molecule has 0 unspecified atom stereocenters. The lowest BCUT2D eigenvalue weighted by molar-refractivity contribution is 0.0697. The molecule has 0 fully saturated rings. The molecule has 0 radical (unpaired) electrons. The highest BCUT2D eigenvalue weighted by Crippen LogP contribution is 2.25. The number of benzene rings is 1. The first-order valence-corrected chi connectivity index (χ1v) is 5.87. The van der Waals surface area contributed by atoms with Crippen molar-refractivity contribution in [3.63, 3.8) is 0 Å². The van der Waals surface area contributed by atoms with E-state index < -0.39 is 5.97 Å². The third kappa shape index (κ3) is 2.07. The molecule has 0 aliphatic heterocycles. The SMILES string of the molecule is Cc1occc1-c1noc(-c2ccc(C(=O)O)cc2)n1. The Kier molecular flexibility index (Phi) is 2.83. The molecule has 0 saturated carbocycles. The van der Waals surface area contributed by atoms with Gasteiger partial charge in [-0.2, -0.15) is 4.98 Å². The highest BCUT2D eigenvalue weighted by atomic mass is 16.5. The van der Waals surface area contributed by atoms with Crippen LogP contribution in [0.25, 0.3) is 22.8 Å². The maximum absolute atomic E-state index is 10.8. The Morgan fingerprint density at radius 3 is 2.55 bits per heavy atom. The number of aryl methyl sites for hydroxylation is 1. The lowest BCUT2D eigenvalue weighted by atomic mass is 10.1. The van der Waals surface area contributed by atoms with Gasteiger partial charge in [-0.25, -0.2) is 4.79 Å². The Morgan fingerprint density at radius 2 is 1.95 bits per heavy atom. The summed E-state index contributed by atoms with van der Waals surface area (Å²) in [5, 5.41) is 12.7. The second kappa shape index (κ2) is 4.65. The Morgan fingerprint density at radius 1 is 1.20 bits per heavy atom. The summed E-state index contributed by atoms with van der Waals surface area (Å²) in [5.74, 6) is 0.501. The minimum atomic E-state index is -0.975. The Bertz CT molecular complexity index is 756. The number of carboxylic acid groups (broad SMARTS) is 1. The van der Waals surface area contributed by atoms with Gasteiger partial charge in [-0.1, -0.05) is 5.16 Å². The van der Waals surface area contributed by atoms with Crippen LogP contribution in [0.4, 0.5) is 0 Å². The second-order valence-electron chi connectivity index (χ2n) is 4.20. The molecule has 1 N–H and O–H groups in total. The predicted octanol–water partition coefficient (Wildman–Crippen LogP) is 3.00. The molecule has 6 nitrogen and oxygen atoms in total. The first-order chi connectivity index (χ1) is 9.65. The van der Waals surface area contributed by atoms with E-state index in [1.807, 2.05) is 6.92 Å². The first-order valence-electron chi connectivity index (χ1n) is 5.87. The fraction of sp³-hybridized carbons (Fsp3) is 0.0714. The quantitative estimate of drug-likeness (QED) is 0.786. The van der Waals surface area contributed by atoms with Crippen molar-refractivity contribution in [1.82, 2.24) is 10.1 Å². The zero-order chi connectivity index (χ0) is 14.1. The molecule has 1 aromatic carbocycles. The monoisotopic (exact) mass is 270 g/mol. The minimum Gasteiger partial charge on any atom is -0.478 e. The van der Waals surface area contributed by atoms with Gasteiger partial charge in [-0.05, 0) is 37.3 Å². The molecule has 3 aromatic rings. The summed E-state index contributed by atoms with van der Waals surface area (Å²) in [4.78, 5) is 15.1. The minimum absolute atomic E-state index is 0.208. The molecule has 0 atom stereocenters. The number of hydrogen-bond acceptors (Lipinski definition) is 5. The van der Waals surface area contributed by atoms with Crippen LogP contribution in [0.15, 0.2) is 45.5 Å². The third-order valence-corrected chi connectivity index (χ3v) is 2.90. The van der Waals surface area contributed by atoms with Crippen molar-refractivity contribution in [1.29, 1.82) is 0 Å². The van der Waals surface area contributed by atoms with E-state index in [0.29, 0.717) is 23.0 Å². The molecule has 0 bridgehead atoms. The van der Waals surface area contributed by atoms with Gasteiger partial charge >= 0.3 is 5.97 Å². The van der Waals surface area contributed by atoms with E-state index in [1.165, 1.54) is 12.1 Å². The summed E-state index contributed by atoms with van der Waals surface area (Å²) in [6.07, 6.45) is 1.56. The van der Waals surface area contributed by atoms with Crippen molar-refractivity contribution >= 4 is 5.97 Å². The van der Waals surface area contributed by atoms with E-state index in [1.54, 1.807) is 24.5 Å². The average Bonchev–Trinajstić information content (AvgIpc) is 3.07. The van der Waals surface area contributed by atoms with Gasteiger partial charge in [-0.3, -0.25) is 0 Å².